The van der Waals surface area contributed by atoms with Crippen LogP contribution in [0.25, 0.3) is 0 Å². The number of nitrogens with zero attached hydrogens (tertiary/aromatic N) is 2. The first kappa shape index (κ1) is 9.44. The van der Waals surface area contributed by atoms with Gasteiger partial charge in [-0.3, -0.25) is 9.48 Å². The highest BCUT2D eigenvalue weighted by Gasteiger charge is 2.17. The van der Waals surface area contributed by atoms with Crippen molar-refractivity contribution in [3.05, 3.63) is 18.0 Å². The largest absolute Gasteiger partial charge is 0.480 e. The van der Waals surface area contributed by atoms with Crippen LogP contribution in [0.1, 0.15) is 29.7 Å². The molecule has 0 aliphatic rings. The lowest BCUT2D eigenvalue weighted by Gasteiger charge is -2.08. The van der Waals surface area contributed by atoms with Gasteiger partial charge in [-0.15, -0.1) is 0 Å². The smallest absolute Gasteiger partial charge is 0.328 e. The molecule has 1 rings (SSSR count). The van der Waals surface area contributed by atoms with E-state index in [1.54, 1.807) is 6.92 Å². The Morgan fingerprint density at radius 3 is 2.92 bits per heavy atom. The second kappa shape index (κ2) is 3.84. The molecule has 5 heteroatoms. The van der Waals surface area contributed by atoms with E-state index in [-0.39, 0.29) is 0 Å². The number of carbonyl (C=O) groups is 2. The van der Waals surface area contributed by atoms with Crippen molar-refractivity contribution < 1.29 is 14.7 Å². The van der Waals surface area contributed by atoms with Gasteiger partial charge in [-0.2, -0.15) is 5.10 Å². The van der Waals surface area contributed by atoms with E-state index in [0.717, 1.165) is 0 Å². The van der Waals surface area contributed by atoms with Gasteiger partial charge in [0.25, 0.3) is 0 Å². The van der Waals surface area contributed by atoms with Crippen molar-refractivity contribution in [3.63, 3.8) is 0 Å². The van der Waals surface area contributed by atoms with Crippen LogP contribution in [0.15, 0.2) is 12.4 Å². The average molecular weight is 182 g/mol. The summed E-state index contributed by atoms with van der Waals surface area (Å²) in [5.74, 6) is -0.942. The van der Waals surface area contributed by atoms with Gasteiger partial charge in [-0.05, 0) is 6.42 Å². The molecule has 1 aromatic heterocycles. The number of carboxylic acid groups (broad SMARTS) is 1. The van der Waals surface area contributed by atoms with Gasteiger partial charge < -0.3 is 5.11 Å². The molecule has 1 N–H and O–H groups in total. The summed E-state index contributed by atoms with van der Waals surface area (Å²) >= 11 is 0. The average Bonchev–Trinajstić information content (AvgIpc) is 2.53. The molecular formula is C8H10N2O3. The van der Waals surface area contributed by atoms with Crippen molar-refractivity contribution >= 4 is 12.3 Å². The predicted octanol–water partition coefficient (Wildman–Crippen LogP) is 0.731. The number of carbonyl (C=O) groups excluding carboxylic acids is 1. The molecule has 0 amide bonds. The first-order valence-electron chi connectivity index (χ1n) is 3.91. The maximum Gasteiger partial charge on any atom is 0.328 e. The predicted molar refractivity (Wildman–Crippen MR) is 44.6 cm³/mol. The first-order chi connectivity index (χ1) is 6.19. The number of rotatable bonds is 4. The zero-order valence-corrected chi connectivity index (χ0v) is 7.17. The molecule has 70 valence electrons. The van der Waals surface area contributed by atoms with Gasteiger partial charge in [0.05, 0.1) is 11.8 Å². The van der Waals surface area contributed by atoms with E-state index in [1.807, 2.05) is 0 Å². The summed E-state index contributed by atoms with van der Waals surface area (Å²) in [6.07, 6.45) is 3.85. The van der Waals surface area contributed by atoms with Crippen molar-refractivity contribution in [3.8, 4) is 0 Å². The molecule has 0 radical (unpaired) electrons. The number of carboxylic acids is 1. The second-order valence-corrected chi connectivity index (χ2v) is 2.63. The molecule has 1 unspecified atom stereocenters. The van der Waals surface area contributed by atoms with Crippen molar-refractivity contribution in [2.45, 2.75) is 19.4 Å². The van der Waals surface area contributed by atoms with Crippen molar-refractivity contribution in [2.75, 3.05) is 0 Å². The van der Waals surface area contributed by atoms with E-state index < -0.39 is 12.0 Å². The van der Waals surface area contributed by atoms with Crippen LogP contribution >= 0.6 is 0 Å². The summed E-state index contributed by atoms with van der Waals surface area (Å²) in [5, 5.41) is 12.5. The summed E-state index contributed by atoms with van der Waals surface area (Å²) in [7, 11) is 0. The van der Waals surface area contributed by atoms with Crippen molar-refractivity contribution in [2.24, 2.45) is 0 Å². The Labute approximate surface area is 75.0 Å². The third-order valence-electron chi connectivity index (χ3n) is 1.75. The number of hydrogen-bond donors (Lipinski definition) is 1. The molecule has 0 spiro atoms. The lowest BCUT2D eigenvalue weighted by molar-refractivity contribution is -0.141. The fourth-order valence-electron chi connectivity index (χ4n) is 1.06. The minimum absolute atomic E-state index is 0.389. The van der Waals surface area contributed by atoms with Gasteiger partial charge in [-0.25, -0.2) is 4.79 Å². The summed E-state index contributed by atoms with van der Waals surface area (Å²) in [4.78, 5) is 21.0. The van der Waals surface area contributed by atoms with Crippen LogP contribution in [0.3, 0.4) is 0 Å². The van der Waals surface area contributed by atoms with Crippen LogP contribution in [0.2, 0.25) is 0 Å². The fraction of sp³-hybridized carbons (Fsp3) is 0.375. The van der Waals surface area contributed by atoms with Gasteiger partial charge in [0.2, 0.25) is 0 Å². The molecule has 1 atom stereocenters. The lowest BCUT2D eigenvalue weighted by Crippen LogP contribution is -2.18. The van der Waals surface area contributed by atoms with Crippen LogP contribution in [0.4, 0.5) is 0 Å². The number of hydrogen-bond acceptors (Lipinski definition) is 3. The Hall–Kier alpha value is -1.65. The lowest BCUT2D eigenvalue weighted by atomic mass is 10.2. The molecule has 0 fully saturated rings. The van der Waals surface area contributed by atoms with E-state index >= 15 is 0 Å². The summed E-state index contributed by atoms with van der Waals surface area (Å²) in [6, 6.07) is -0.686. The molecule has 0 bridgehead atoms. The Morgan fingerprint density at radius 2 is 2.54 bits per heavy atom. The van der Waals surface area contributed by atoms with Gasteiger partial charge in [0.15, 0.2) is 6.29 Å². The van der Waals surface area contributed by atoms with Crippen molar-refractivity contribution in [1.29, 1.82) is 0 Å². The summed E-state index contributed by atoms with van der Waals surface area (Å²) < 4.78 is 1.28. The minimum atomic E-state index is -0.942. The molecule has 0 aliphatic heterocycles. The Kier molecular flexibility index (Phi) is 2.79. The molecule has 13 heavy (non-hydrogen) atoms. The quantitative estimate of drug-likeness (QED) is 0.697. The molecule has 0 aliphatic carbocycles. The highest BCUT2D eigenvalue weighted by atomic mass is 16.4. The first-order valence-corrected chi connectivity index (χ1v) is 3.91. The van der Waals surface area contributed by atoms with Crippen LogP contribution in [0.5, 0.6) is 0 Å². The number of aldehydes is 1. The van der Waals surface area contributed by atoms with Crippen LogP contribution in [0, 0.1) is 0 Å². The second-order valence-electron chi connectivity index (χ2n) is 2.63. The van der Waals surface area contributed by atoms with Gasteiger partial charge in [0.1, 0.15) is 6.04 Å². The van der Waals surface area contributed by atoms with Gasteiger partial charge in [0, 0.05) is 6.20 Å². The topological polar surface area (TPSA) is 72.2 Å². The van der Waals surface area contributed by atoms with E-state index in [9.17, 15) is 9.59 Å². The molecule has 0 saturated carbocycles. The Bertz CT molecular complexity index is 319. The Morgan fingerprint density at radius 1 is 1.85 bits per heavy atom. The minimum Gasteiger partial charge on any atom is -0.480 e. The zero-order chi connectivity index (χ0) is 9.84. The highest BCUT2D eigenvalue weighted by molar-refractivity contribution is 5.75. The van der Waals surface area contributed by atoms with Crippen LogP contribution in [-0.2, 0) is 4.79 Å². The fourth-order valence-corrected chi connectivity index (χ4v) is 1.06. The molecule has 5 nitrogen and oxygen atoms in total. The van der Waals surface area contributed by atoms with Crippen LogP contribution in [-0.4, -0.2) is 27.1 Å². The standard InChI is InChI=1S/C8H10N2O3/c1-2-7(8(12)13)10-4-6(5-11)3-9-10/h3-5,7H,2H2,1H3,(H,12,13). The maximum absolute atomic E-state index is 10.7. The van der Waals surface area contributed by atoms with Crippen molar-refractivity contribution in [1.82, 2.24) is 9.78 Å². The molecule has 1 aromatic rings. The summed E-state index contributed by atoms with van der Waals surface area (Å²) in [6.45, 7) is 1.75. The molecular weight excluding hydrogens is 172 g/mol. The van der Waals surface area contributed by atoms with E-state index in [2.05, 4.69) is 5.10 Å². The maximum atomic E-state index is 10.7. The highest BCUT2D eigenvalue weighted by Crippen LogP contribution is 2.10. The SMILES string of the molecule is CCC(C(=O)O)n1cc(C=O)cn1. The van der Waals surface area contributed by atoms with E-state index in [1.165, 1.54) is 17.1 Å². The molecule has 0 saturated heterocycles. The van der Waals surface area contributed by atoms with Crippen LogP contribution < -0.4 is 0 Å². The third-order valence-corrected chi connectivity index (χ3v) is 1.75. The third kappa shape index (κ3) is 1.93. The summed E-state index contributed by atoms with van der Waals surface area (Å²) in [5.41, 5.74) is 0.389. The van der Waals surface area contributed by atoms with Gasteiger partial charge >= 0.3 is 5.97 Å². The normalized spacial score (nSPS) is 12.4. The molecule has 0 aromatic carbocycles. The number of aromatic nitrogens is 2. The van der Waals surface area contributed by atoms with Gasteiger partial charge in [-0.1, -0.05) is 6.92 Å². The Balaban J connectivity index is 2.91. The van der Waals surface area contributed by atoms with E-state index in [0.29, 0.717) is 18.3 Å². The monoisotopic (exact) mass is 182 g/mol. The zero-order valence-electron chi connectivity index (χ0n) is 7.17. The number of aliphatic carboxylic acids is 1. The van der Waals surface area contributed by atoms with E-state index in [4.69, 9.17) is 5.11 Å². The molecule has 1 heterocycles.